The average molecular weight is 280 g/mol. The maximum Gasteiger partial charge on any atom is 0.340 e. The number of carboxylic acid groups (broad SMARTS) is 1. The second kappa shape index (κ2) is 5.68. The lowest BCUT2D eigenvalue weighted by Crippen LogP contribution is -2.33. The topological polar surface area (TPSA) is 63.6 Å². The van der Waals surface area contributed by atoms with Crippen LogP contribution in [0.1, 0.15) is 20.7 Å². The molecule has 0 atom stereocenters. The molecule has 0 aliphatic rings. The van der Waals surface area contributed by atoms with Crippen molar-refractivity contribution >= 4 is 11.9 Å². The monoisotopic (exact) mass is 280 g/mol. The molecule has 0 radical (unpaired) electrons. The van der Waals surface area contributed by atoms with Crippen LogP contribution in [0.15, 0.2) is 24.3 Å². The Morgan fingerprint density at radius 1 is 1.16 bits per heavy atom. The maximum atomic E-state index is 12.5. The van der Waals surface area contributed by atoms with Crippen LogP contribution >= 0.6 is 0 Å². The molecule has 19 heavy (non-hydrogen) atoms. The van der Waals surface area contributed by atoms with E-state index in [0.29, 0.717) is 0 Å². The Hall–Kier alpha value is -2.12. The van der Waals surface area contributed by atoms with Crippen LogP contribution in [-0.2, 0) is 4.74 Å². The normalized spacial score (nSPS) is 11.4. The van der Waals surface area contributed by atoms with Gasteiger partial charge < -0.3 is 9.84 Å². The highest BCUT2D eigenvalue weighted by Crippen LogP contribution is 2.23. The van der Waals surface area contributed by atoms with Crippen LogP contribution in [0.3, 0.4) is 0 Å². The molecular weight excluding hydrogens is 272 g/mol. The first-order valence-corrected chi connectivity index (χ1v) is 4.90. The molecule has 0 saturated carbocycles. The lowest BCUT2D eigenvalue weighted by Gasteiger charge is -2.14. The predicted molar refractivity (Wildman–Crippen MR) is 54.6 cm³/mol. The SMILES string of the molecule is O=C(O)c1ccc(C(=O)OCC(F)(F)C(F)F)cc1. The minimum Gasteiger partial charge on any atom is -0.478 e. The van der Waals surface area contributed by atoms with Gasteiger partial charge in [0, 0.05) is 0 Å². The summed E-state index contributed by atoms with van der Waals surface area (Å²) in [5.41, 5.74) is -0.329. The Kier molecular flexibility index (Phi) is 4.47. The van der Waals surface area contributed by atoms with Crippen LogP contribution in [0.25, 0.3) is 0 Å². The zero-order valence-corrected chi connectivity index (χ0v) is 9.28. The van der Waals surface area contributed by atoms with Crippen molar-refractivity contribution in [3.8, 4) is 0 Å². The molecule has 1 N–H and O–H groups in total. The number of carbonyl (C=O) groups excluding carboxylic acids is 1. The van der Waals surface area contributed by atoms with Crippen molar-refractivity contribution in [3.63, 3.8) is 0 Å². The van der Waals surface area contributed by atoms with Gasteiger partial charge in [-0.3, -0.25) is 0 Å². The number of ether oxygens (including phenoxy) is 1. The molecule has 0 aromatic heterocycles. The van der Waals surface area contributed by atoms with Gasteiger partial charge in [0.05, 0.1) is 11.1 Å². The molecule has 0 heterocycles. The zero-order valence-electron chi connectivity index (χ0n) is 9.28. The van der Waals surface area contributed by atoms with Crippen LogP contribution in [0, 0.1) is 0 Å². The number of benzene rings is 1. The van der Waals surface area contributed by atoms with Gasteiger partial charge in [-0.15, -0.1) is 0 Å². The minimum atomic E-state index is -4.42. The molecule has 0 bridgehead atoms. The Balaban J connectivity index is 2.66. The fourth-order valence-corrected chi connectivity index (χ4v) is 1.06. The van der Waals surface area contributed by atoms with Crippen LogP contribution in [0.5, 0.6) is 0 Å². The number of aromatic carboxylic acids is 1. The third-order valence-corrected chi connectivity index (χ3v) is 2.08. The van der Waals surface area contributed by atoms with Gasteiger partial charge in [0.1, 0.15) is 0 Å². The molecule has 1 aromatic carbocycles. The van der Waals surface area contributed by atoms with E-state index < -0.39 is 30.9 Å². The molecule has 0 aliphatic carbocycles. The van der Waals surface area contributed by atoms with E-state index in [0.717, 1.165) is 24.3 Å². The third kappa shape index (κ3) is 3.94. The van der Waals surface area contributed by atoms with Gasteiger partial charge in [-0.2, -0.15) is 8.78 Å². The second-order valence-corrected chi connectivity index (χ2v) is 3.52. The number of carboxylic acids is 1. The first-order chi connectivity index (χ1) is 8.74. The zero-order chi connectivity index (χ0) is 14.6. The molecule has 0 unspecified atom stereocenters. The highest BCUT2D eigenvalue weighted by Gasteiger charge is 2.42. The first kappa shape index (κ1) is 14.9. The third-order valence-electron chi connectivity index (χ3n) is 2.08. The summed E-state index contributed by atoms with van der Waals surface area (Å²) in [6, 6.07) is 4.19. The Morgan fingerprint density at radius 3 is 2.05 bits per heavy atom. The number of hydrogen-bond donors (Lipinski definition) is 1. The summed E-state index contributed by atoms with van der Waals surface area (Å²) < 4.78 is 52.6. The lowest BCUT2D eigenvalue weighted by molar-refractivity contribution is -0.155. The first-order valence-electron chi connectivity index (χ1n) is 4.90. The number of carbonyl (C=O) groups is 2. The van der Waals surface area contributed by atoms with E-state index in [-0.39, 0.29) is 11.1 Å². The van der Waals surface area contributed by atoms with Gasteiger partial charge in [0.25, 0.3) is 0 Å². The van der Waals surface area contributed by atoms with Crippen molar-refractivity contribution in [2.75, 3.05) is 6.61 Å². The molecule has 0 fully saturated rings. The Labute approximate surface area is 104 Å². The van der Waals surface area contributed by atoms with Crippen molar-refractivity contribution in [3.05, 3.63) is 35.4 Å². The maximum absolute atomic E-state index is 12.5. The van der Waals surface area contributed by atoms with Gasteiger partial charge >= 0.3 is 24.3 Å². The van der Waals surface area contributed by atoms with E-state index in [9.17, 15) is 27.2 Å². The molecule has 4 nitrogen and oxygen atoms in total. The van der Waals surface area contributed by atoms with Crippen molar-refractivity contribution in [2.24, 2.45) is 0 Å². The number of rotatable bonds is 5. The van der Waals surface area contributed by atoms with Crippen molar-refractivity contribution in [1.82, 2.24) is 0 Å². The molecule has 1 aromatic rings. The van der Waals surface area contributed by atoms with Crippen molar-refractivity contribution < 1.29 is 37.0 Å². The molecule has 1 rings (SSSR count). The fourth-order valence-electron chi connectivity index (χ4n) is 1.06. The van der Waals surface area contributed by atoms with E-state index in [4.69, 9.17) is 5.11 Å². The number of halogens is 4. The standard InChI is InChI=1S/C11H8F4O4/c12-10(13)11(14,15)5-19-9(18)7-3-1-6(2-4-7)8(16)17/h1-4,10H,5H2,(H,16,17). The number of alkyl halides is 4. The second-order valence-electron chi connectivity index (χ2n) is 3.52. The summed E-state index contributed by atoms with van der Waals surface area (Å²) in [5.74, 6) is -6.89. The van der Waals surface area contributed by atoms with Gasteiger partial charge in [-0.1, -0.05) is 0 Å². The summed E-state index contributed by atoms with van der Waals surface area (Å²) >= 11 is 0. The van der Waals surface area contributed by atoms with E-state index in [2.05, 4.69) is 4.74 Å². The van der Waals surface area contributed by atoms with E-state index in [1.807, 2.05) is 0 Å². The van der Waals surface area contributed by atoms with Gasteiger partial charge in [0.2, 0.25) is 0 Å². The molecule has 0 aliphatic heterocycles. The molecule has 8 heteroatoms. The Bertz CT molecular complexity index is 470. The number of hydrogen-bond acceptors (Lipinski definition) is 3. The highest BCUT2D eigenvalue weighted by molar-refractivity contribution is 5.92. The fraction of sp³-hybridized carbons (Fsp3) is 0.273. The molecular formula is C11H8F4O4. The molecule has 0 amide bonds. The summed E-state index contributed by atoms with van der Waals surface area (Å²) in [6.07, 6.45) is -3.94. The average Bonchev–Trinajstić information content (AvgIpc) is 2.36. The summed E-state index contributed by atoms with van der Waals surface area (Å²) in [4.78, 5) is 21.8. The largest absolute Gasteiger partial charge is 0.478 e. The van der Waals surface area contributed by atoms with Crippen LogP contribution in [0.4, 0.5) is 17.6 Å². The number of esters is 1. The van der Waals surface area contributed by atoms with E-state index in [1.54, 1.807) is 0 Å². The lowest BCUT2D eigenvalue weighted by atomic mass is 10.1. The predicted octanol–water partition coefficient (Wildman–Crippen LogP) is 2.44. The molecule has 0 spiro atoms. The van der Waals surface area contributed by atoms with Gasteiger partial charge in [0.15, 0.2) is 6.61 Å². The van der Waals surface area contributed by atoms with Gasteiger partial charge in [-0.25, -0.2) is 18.4 Å². The van der Waals surface area contributed by atoms with Crippen molar-refractivity contribution in [1.29, 1.82) is 0 Å². The van der Waals surface area contributed by atoms with Crippen molar-refractivity contribution in [2.45, 2.75) is 12.3 Å². The summed E-state index contributed by atoms with van der Waals surface area (Å²) in [6.45, 7) is -1.75. The summed E-state index contributed by atoms with van der Waals surface area (Å²) in [7, 11) is 0. The van der Waals surface area contributed by atoms with E-state index in [1.165, 1.54) is 0 Å². The van der Waals surface area contributed by atoms with Gasteiger partial charge in [-0.05, 0) is 24.3 Å². The summed E-state index contributed by atoms with van der Waals surface area (Å²) in [5, 5.41) is 8.59. The minimum absolute atomic E-state index is 0.116. The van der Waals surface area contributed by atoms with E-state index >= 15 is 0 Å². The quantitative estimate of drug-likeness (QED) is 0.664. The smallest absolute Gasteiger partial charge is 0.340 e. The van der Waals surface area contributed by atoms with Crippen LogP contribution < -0.4 is 0 Å². The molecule has 0 saturated heterocycles. The Morgan fingerprint density at radius 2 is 1.63 bits per heavy atom. The highest BCUT2D eigenvalue weighted by atomic mass is 19.3. The van der Waals surface area contributed by atoms with Crippen LogP contribution in [0.2, 0.25) is 0 Å². The molecule has 104 valence electrons. The van der Waals surface area contributed by atoms with Crippen LogP contribution in [-0.4, -0.2) is 36.0 Å².